The zero-order valence-electron chi connectivity index (χ0n) is 11.0. The summed E-state index contributed by atoms with van der Waals surface area (Å²) in [5.41, 5.74) is 1.53. The number of nitrogens with one attached hydrogen (secondary N) is 1. The second-order valence-corrected chi connectivity index (χ2v) is 9.74. The SMILES string of the molecule is CCNC(c1cc(Cl)c(Br)s1)c1cc2c(s1)CCSC2. The largest absolute Gasteiger partial charge is 0.305 e. The molecule has 1 unspecified atom stereocenters. The molecule has 1 N–H and O–H groups in total. The van der Waals surface area contributed by atoms with Gasteiger partial charge in [-0.1, -0.05) is 18.5 Å². The van der Waals surface area contributed by atoms with E-state index < -0.39 is 0 Å². The third kappa shape index (κ3) is 3.13. The van der Waals surface area contributed by atoms with Crippen molar-refractivity contribution in [3.63, 3.8) is 0 Å². The lowest BCUT2D eigenvalue weighted by atomic mass is 10.1. The number of hydrogen-bond acceptors (Lipinski definition) is 4. The van der Waals surface area contributed by atoms with Crippen LogP contribution in [-0.2, 0) is 12.2 Å². The van der Waals surface area contributed by atoms with Gasteiger partial charge in [0.1, 0.15) is 0 Å². The highest BCUT2D eigenvalue weighted by atomic mass is 79.9. The molecule has 0 saturated heterocycles. The number of thioether (sulfide) groups is 1. The van der Waals surface area contributed by atoms with Gasteiger partial charge in [0, 0.05) is 20.4 Å². The predicted octanol–water partition coefficient (Wildman–Crippen LogP) is 5.71. The lowest BCUT2D eigenvalue weighted by Crippen LogP contribution is -2.20. The number of rotatable bonds is 4. The highest BCUT2D eigenvalue weighted by Crippen LogP contribution is 2.41. The standard InChI is InChI=1S/C14H15BrClNS3/c1-2-17-13(12-6-9(16)14(15)20-12)11-5-8-7-18-4-3-10(8)19-11/h5-6,13,17H,2-4,7H2,1H3. The Hall–Kier alpha value is 0.480. The number of halogens is 2. The molecule has 108 valence electrons. The lowest BCUT2D eigenvalue weighted by Gasteiger charge is -2.14. The van der Waals surface area contributed by atoms with Crippen LogP contribution in [0.4, 0.5) is 0 Å². The first-order valence-electron chi connectivity index (χ1n) is 6.56. The van der Waals surface area contributed by atoms with Crippen molar-refractivity contribution >= 4 is 62.0 Å². The summed E-state index contributed by atoms with van der Waals surface area (Å²) in [5, 5.41) is 4.41. The third-order valence-corrected chi connectivity index (χ3v) is 8.14. The normalized spacial score (nSPS) is 16.1. The average molecular weight is 409 g/mol. The van der Waals surface area contributed by atoms with Crippen molar-refractivity contribution < 1.29 is 0 Å². The monoisotopic (exact) mass is 407 g/mol. The van der Waals surface area contributed by atoms with Gasteiger partial charge in [-0.2, -0.15) is 11.8 Å². The van der Waals surface area contributed by atoms with Crippen LogP contribution < -0.4 is 5.32 Å². The van der Waals surface area contributed by atoms with Gasteiger partial charge in [0.25, 0.3) is 0 Å². The van der Waals surface area contributed by atoms with Gasteiger partial charge in [0.05, 0.1) is 14.9 Å². The van der Waals surface area contributed by atoms with Crippen LogP contribution in [0.3, 0.4) is 0 Å². The first-order chi connectivity index (χ1) is 9.69. The van der Waals surface area contributed by atoms with Crippen LogP contribution >= 0.6 is 62.0 Å². The van der Waals surface area contributed by atoms with Gasteiger partial charge >= 0.3 is 0 Å². The Kier molecular flexibility index (Phi) is 5.16. The molecular formula is C14H15BrClNS3. The van der Waals surface area contributed by atoms with Crippen molar-refractivity contribution in [3.05, 3.63) is 41.1 Å². The molecule has 1 nitrogen and oxygen atoms in total. The number of thiophene rings is 2. The summed E-state index contributed by atoms with van der Waals surface area (Å²) in [5.74, 6) is 2.43. The van der Waals surface area contributed by atoms with Crippen LogP contribution in [0, 0.1) is 0 Å². The molecule has 2 aromatic heterocycles. The molecule has 20 heavy (non-hydrogen) atoms. The minimum absolute atomic E-state index is 0.273. The van der Waals surface area contributed by atoms with E-state index in [1.807, 2.05) is 23.1 Å². The van der Waals surface area contributed by atoms with Crippen LogP contribution in [0.25, 0.3) is 0 Å². The maximum atomic E-state index is 6.20. The van der Waals surface area contributed by atoms with Crippen molar-refractivity contribution in [2.75, 3.05) is 12.3 Å². The first kappa shape index (κ1) is 15.4. The highest BCUT2D eigenvalue weighted by Gasteiger charge is 2.22. The van der Waals surface area contributed by atoms with Crippen LogP contribution in [0.15, 0.2) is 15.9 Å². The fourth-order valence-corrected chi connectivity index (χ4v) is 6.75. The van der Waals surface area contributed by atoms with Crippen LogP contribution in [0.5, 0.6) is 0 Å². The molecule has 1 aliphatic rings. The smallest absolute Gasteiger partial charge is 0.0888 e. The molecule has 1 atom stereocenters. The molecule has 6 heteroatoms. The fraction of sp³-hybridized carbons (Fsp3) is 0.429. The van der Waals surface area contributed by atoms with Gasteiger partial charge in [-0.15, -0.1) is 22.7 Å². The highest BCUT2D eigenvalue weighted by molar-refractivity contribution is 9.11. The molecule has 3 heterocycles. The molecule has 0 amide bonds. The van der Waals surface area contributed by atoms with Crippen LogP contribution in [-0.4, -0.2) is 12.3 Å². The molecule has 1 aliphatic heterocycles. The van der Waals surface area contributed by atoms with Crippen LogP contribution in [0.2, 0.25) is 5.02 Å². The van der Waals surface area contributed by atoms with E-state index in [9.17, 15) is 0 Å². The van der Waals surface area contributed by atoms with E-state index in [1.54, 1.807) is 16.2 Å². The molecule has 2 aromatic rings. The summed E-state index contributed by atoms with van der Waals surface area (Å²) in [7, 11) is 0. The summed E-state index contributed by atoms with van der Waals surface area (Å²) in [6, 6.07) is 4.74. The van der Waals surface area contributed by atoms with Crippen molar-refractivity contribution in [3.8, 4) is 0 Å². The molecular weight excluding hydrogens is 394 g/mol. The quantitative estimate of drug-likeness (QED) is 0.695. The summed E-state index contributed by atoms with van der Waals surface area (Å²) in [4.78, 5) is 4.28. The van der Waals surface area contributed by atoms with Crippen molar-refractivity contribution in [2.45, 2.75) is 25.1 Å². The van der Waals surface area contributed by atoms with E-state index in [0.717, 1.165) is 15.4 Å². The van der Waals surface area contributed by atoms with Crippen molar-refractivity contribution in [1.29, 1.82) is 0 Å². The minimum Gasteiger partial charge on any atom is -0.305 e. The van der Waals surface area contributed by atoms with E-state index in [1.165, 1.54) is 33.2 Å². The summed E-state index contributed by atoms with van der Waals surface area (Å²) in [6.07, 6.45) is 1.22. The topological polar surface area (TPSA) is 12.0 Å². The Morgan fingerprint density at radius 2 is 2.15 bits per heavy atom. The van der Waals surface area contributed by atoms with Gasteiger partial charge in [-0.3, -0.25) is 0 Å². The van der Waals surface area contributed by atoms with Gasteiger partial charge in [0.15, 0.2) is 0 Å². The van der Waals surface area contributed by atoms with E-state index in [0.29, 0.717) is 0 Å². The molecule has 0 fully saturated rings. The fourth-order valence-electron chi connectivity index (χ4n) is 2.36. The maximum absolute atomic E-state index is 6.20. The Bertz CT molecular complexity index is 565. The van der Waals surface area contributed by atoms with E-state index >= 15 is 0 Å². The number of fused-ring (bicyclic) bond motifs is 1. The van der Waals surface area contributed by atoms with Gasteiger partial charge in [-0.05, 0) is 52.3 Å². The average Bonchev–Trinajstić information content (AvgIpc) is 3.00. The molecule has 0 aliphatic carbocycles. The third-order valence-electron chi connectivity index (χ3n) is 3.29. The Morgan fingerprint density at radius 3 is 2.80 bits per heavy atom. The Labute approximate surface area is 145 Å². The predicted molar refractivity (Wildman–Crippen MR) is 96.7 cm³/mol. The minimum atomic E-state index is 0.273. The Morgan fingerprint density at radius 1 is 1.35 bits per heavy atom. The van der Waals surface area contributed by atoms with E-state index in [4.69, 9.17) is 11.6 Å². The zero-order valence-corrected chi connectivity index (χ0v) is 15.8. The molecule has 0 radical (unpaired) electrons. The van der Waals surface area contributed by atoms with Crippen molar-refractivity contribution in [1.82, 2.24) is 5.32 Å². The molecule has 3 rings (SSSR count). The van der Waals surface area contributed by atoms with E-state index in [2.05, 4.69) is 40.3 Å². The van der Waals surface area contributed by atoms with Crippen molar-refractivity contribution in [2.24, 2.45) is 0 Å². The summed E-state index contributed by atoms with van der Waals surface area (Å²) < 4.78 is 1.02. The van der Waals surface area contributed by atoms with E-state index in [-0.39, 0.29) is 6.04 Å². The van der Waals surface area contributed by atoms with Gasteiger partial charge in [0.2, 0.25) is 0 Å². The first-order valence-corrected chi connectivity index (χ1v) is 10.5. The van der Waals surface area contributed by atoms with Gasteiger partial charge < -0.3 is 5.32 Å². The van der Waals surface area contributed by atoms with Crippen LogP contribution in [0.1, 0.15) is 33.2 Å². The maximum Gasteiger partial charge on any atom is 0.0888 e. The van der Waals surface area contributed by atoms with Gasteiger partial charge in [-0.25, -0.2) is 0 Å². The summed E-state index contributed by atoms with van der Waals surface area (Å²) in [6.45, 7) is 3.11. The second kappa shape index (κ2) is 6.71. The zero-order chi connectivity index (χ0) is 14.1. The molecule has 0 saturated carbocycles. The molecule has 0 spiro atoms. The molecule has 0 aromatic carbocycles. The molecule has 0 bridgehead atoms. The Balaban J connectivity index is 1.95. The lowest BCUT2D eigenvalue weighted by molar-refractivity contribution is 0.648. The number of hydrogen-bond donors (Lipinski definition) is 1. The summed E-state index contributed by atoms with van der Waals surface area (Å²) >= 11 is 15.5. The second-order valence-electron chi connectivity index (χ2n) is 4.66. The number of aryl methyl sites for hydroxylation is 1.